The van der Waals surface area contributed by atoms with Crippen LogP contribution in [0.4, 0.5) is 9.80 Å². The number of carbonyl (C=O) groups is 3. The van der Waals surface area contributed by atoms with Gasteiger partial charge in [0.15, 0.2) is 9.84 Å². The fraction of sp³-hybridized carbons (Fsp3) is 0.435. The van der Waals surface area contributed by atoms with Gasteiger partial charge in [-0.1, -0.05) is 19.1 Å². The monoisotopic (exact) mass is 492 g/mol. The molecule has 0 saturated heterocycles. The summed E-state index contributed by atoms with van der Waals surface area (Å²) < 4.78 is 29.1. The third-order valence-corrected chi connectivity index (χ3v) is 8.97. The minimum Gasteiger partial charge on any atom is -0.453 e. The van der Waals surface area contributed by atoms with Gasteiger partial charge in [-0.05, 0) is 62.3 Å². The number of nitrogens with one attached hydrogen (secondary N) is 2. The van der Waals surface area contributed by atoms with Crippen molar-refractivity contribution in [2.75, 3.05) is 12.4 Å². The van der Waals surface area contributed by atoms with E-state index in [1.807, 2.05) is 0 Å². The fourth-order valence-corrected chi connectivity index (χ4v) is 6.19. The number of rotatable bonds is 6. The second kappa shape index (κ2) is 10.0. The number of thiophene rings is 1. The van der Waals surface area contributed by atoms with Crippen molar-refractivity contribution < 1.29 is 27.5 Å². The van der Waals surface area contributed by atoms with E-state index in [2.05, 4.69) is 22.3 Å². The first-order valence-corrected chi connectivity index (χ1v) is 13.1. The SMILES string of the molecule is COC(=O)NC(=O)c1c(NC(=O)Cc2ccc(S(=O)(=O)C(C)C)cc2)sc2c1CCC(C)C2. The van der Waals surface area contributed by atoms with Gasteiger partial charge in [0.1, 0.15) is 5.00 Å². The summed E-state index contributed by atoms with van der Waals surface area (Å²) in [5.41, 5.74) is 1.81. The zero-order valence-corrected chi connectivity index (χ0v) is 20.7. The van der Waals surface area contributed by atoms with Crippen LogP contribution < -0.4 is 10.6 Å². The number of sulfone groups is 1. The molecule has 1 aliphatic rings. The molecular formula is C23H28N2O6S2. The van der Waals surface area contributed by atoms with Crippen molar-refractivity contribution in [2.24, 2.45) is 5.92 Å². The van der Waals surface area contributed by atoms with E-state index in [-0.39, 0.29) is 17.2 Å². The van der Waals surface area contributed by atoms with Crippen LogP contribution in [0.5, 0.6) is 0 Å². The Morgan fingerprint density at radius 3 is 2.45 bits per heavy atom. The van der Waals surface area contributed by atoms with Crippen molar-refractivity contribution in [1.29, 1.82) is 0 Å². The normalized spacial score (nSPS) is 15.6. The number of benzene rings is 1. The van der Waals surface area contributed by atoms with Crippen molar-refractivity contribution in [1.82, 2.24) is 5.32 Å². The van der Waals surface area contributed by atoms with Gasteiger partial charge in [0.25, 0.3) is 5.91 Å². The molecule has 3 amide bonds. The third-order valence-electron chi connectivity index (χ3n) is 5.63. The predicted molar refractivity (Wildman–Crippen MR) is 126 cm³/mol. The quantitative estimate of drug-likeness (QED) is 0.634. The zero-order valence-electron chi connectivity index (χ0n) is 19.1. The average Bonchev–Trinajstić information content (AvgIpc) is 3.10. The Kier molecular flexibility index (Phi) is 7.58. The van der Waals surface area contributed by atoms with Gasteiger partial charge in [-0.25, -0.2) is 13.2 Å². The summed E-state index contributed by atoms with van der Waals surface area (Å²) >= 11 is 1.35. The predicted octanol–water partition coefficient (Wildman–Crippen LogP) is 3.73. The molecule has 0 bridgehead atoms. The van der Waals surface area contributed by atoms with Crippen LogP contribution in [0.1, 0.15) is 53.6 Å². The molecule has 1 unspecified atom stereocenters. The number of hydrogen-bond acceptors (Lipinski definition) is 7. The first-order chi connectivity index (χ1) is 15.5. The molecule has 10 heteroatoms. The molecule has 178 valence electrons. The minimum atomic E-state index is -3.39. The summed E-state index contributed by atoms with van der Waals surface area (Å²) in [6.45, 7) is 5.37. The maximum atomic E-state index is 12.8. The van der Waals surface area contributed by atoms with E-state index in [1.165, 1.54) is 30.6 Å². The molecule has 0 aliphatic heterocycles. The maximum absolute atomic E-state index is 12.8. The van der Waals surface area contributed by atoms with E-state index in [0.717, 1.165) is 23.3 Å². The molecule has 0 saturated carbocycles. The van der Waals surface area contributed by atoms with Gasteiger partial charge in [0.05, 0.1) is 29.2 Å². The van der Waals surface area contributed by atoms with Gasteiger partial charge in [0, 0.05) is 4.88 Å². The lowest BCUT2D eigenvalue weighted by molar-refractivity contribution is -0.115. The van der Waals surface area contributed by atoms with Crippen LogP contribution in [0.15, 0.2) is 29.2 Å². The largest absolute Gasteiger partial charge is 0.453 e. The van der Waals surface area contributed by atoms with Crippen molar-refractivity contribution >= 4 is 44.1 Å². The van der Waals surface area contributed by atoms with E-state index in [9.17, 15) is 22.8 Å². The molecule has 1 aromatic heterocycles. The number of anilines is 1. The second-order valence-corrected chi connectivity index (χ2v) is 12.1. The van der Waals surface area contributed by atoms with Gasteiger partial charge < -0.3 is 10.1 Å². The van der Waals surface area contributed by atoms with Crippen LogP contribution >= 0.6 is 11.3 Å². The Balaban J connectivity index is 1.80. The van der Waals surface area contributed by atoms with Gasteiger partial charge in [0.2, 0.25) is 5.91 Å². The van der Waals surface area contributed by atoms with Crippen molar-refractivity contribution in [3.05, 3.63) is 45.8 Å². The number of amides is 3. The highest BCUT2D eigenvalue weighted by molar-refractivity contribution is 7.92. The molecular weight excluding hydrogens is 464 g/mol. The molecule has 8 nitrogen and oxygen atoms in total. The topological polar surface area (TPSA) is 119 Å². The summed E-state index contributed by atoms with van der Waals surface area (Å²) in [4.78, 5) is 38.3. The van der Waals surface area contributed by atoms with Crippen LogP contribution in [0.25, 0.3) is 0 Å². The van der Waals surface area contributed by atoms with Crippen molar-refractivity contribution in [3.63, 3.8) is 0 Å². The zero-order chi connectivity index (χ0) is 24.3. The average molecular weight is 493 g/mol. The number of ether oxygens (including phenoxy) is 1. The molecule has 2 aromatic rings. The molecule has 0 fully saturated rings. The van der Waals surface area contributed by atoms with E-state index < -0.39 is 27.1 Å². The maximum Gasteiger partial charge on any atom is 0.413 e. The summed E-state index contributed by atoms with van der Waals surface area (Å²) in [5, 5.41) is 4.87. The Morgan fingerprint density at radius 2 is 1.85 bits per heavy atom. The van der Waals surface area contributed by atoms with Gasteiger partial charge in [-0.2, -0.15) is 0 Å². The number of fused-ring (bicyclic) bond motifs is 1. The highest BCUT2D eigenvalue weighted by Gasteiger charge is 2.29. The molecule has 0 spiro atoms. The molecule has 3 rings (SSSR count). The summed E-state index contributed by atoms with van der Waals surface area (Å²) in [6.07, 6.45) is 1.57. The van der Waals surface area contributed by atoms with E-state index in [1.54, 1.807) is 26.0 Å². The second-order valence-electron chi connectivity index (χ2n) is 8.46. The lowest BCUT2D eigenvalue weighted by Gasteiger charge is -2.18. The summed E-state index contributed by atoms with van der Waals surface area (Å²) in [7, 11) is -2.21. The number of methoxy groups -OCH3 is 1. The fourth-order valence-electron chi connectivity index (χ4n) is 3.71. The number of alkyl carbamates (subject to hydrolysis) is 1. The minimum absolute atomic E-state index is 0.0129. The highest BCUT2D eigenvalue weighted by Crippen LogP contribution is 2.39. The summed E-state index contributed by atoms with van der Waals surface area (Å²) in [6, 6.07) is 6.22. The van der Waals surface area contributed by atoms with E-state index in [0.29, 0.717) is 28.5 Å². The molecule has 2 N–H and O–H groups in total. The standard InChI is InChI=1S/C23H28N2O6S2/c1-13(2)33(29,30)16-8-6-15(7-9-16)12-19(26)24-22-20(21(27)25-23(28)31-4)17-10-5-14(3)11-18(17)32-22/h6-9,13-14H,5,10-12H2,1-4H3,(H,24,26)(H,25,27,28). The van der Waals surface area contributed by atoms with Crippen molar-refractivity contribution in [2.45, 2.75) is 56.6 Å². The van der Waals surface area contributed by atoms with Crippen LogP contribution in [-0.4, -0.2) is 38.7 Å². The molecule has 1 atom stereocenters. The Morgan fingerprint density at radius 1 is 1.18 bits per heavy atom. The van der Waals surface area contributed by atoms with Crippen LogP contribution in [0.3, 0.4) is 0 Å². The molecule has 0 radical (unpaired) electrons. The van der Waals surface area contributed by atoms with Crippen LogP contribution in [0.2, 0.25) is 0 Å². The smallest absolute Gasteiger partial charge is 0.413 e. The lowest BCUT2D eigenvalue weighted by atomic mass is 9.88. The third kappa shape index (κ3) is 5.62. The Hall–Kier alpha value is -2.72. The van der Waals surface area contributed by atoms with Gasteiger partial charge in [-0.3, -0.25) is 14.9 Å². The molecule has 1 aromatic carbocycles. The molecule has 1 aliphatic carbocycles. The molecule has 33 heavy (non-hydrogen) atoms. The summed E-state index contributed by atoms with van der Waals surface area (Å²) in [5.74, 6) is -0.475. The highest BCUT2D eigenvalue weighted by atomic mass is 32.2. The Bertz CT molecular complexity index is 1170. The van der Waals surface area contributed by atoms with E-state index >= 15 is 0 Å². The molecule has 1 heterocycles. The number of carbonyl (C=O) groups excluding carboxylic acids is 3. The van der Waals surface area contributed by atoms with Crippen LogP contribution in [-0.2, 0) is 38.6 Å². The van der Waals surface area contributed by atoms with Crippen molar-refractivity contribution in [3.8, 4) is 0 Å². The lowest BCUT2D eigenvalue weighted by Crippen LogP contribution is -2.31. The first-order valence-electron chi connectivity index (χ1n) is 10.7. The van der Waals surface area contributed by atoms with Gasteiger partial charge >= 0.3 is 6.09 Å². The van der Waals surface area contributed by atoms with Gasteiger partial charge in [-0.15, -0.1) is 11.3 Å². The first kappa shape index (κ1) is 24.9. The van der Waals surface area contributed by atoms with Crippen LogP contribution in [0, 0.1) is 5.92 Å². The Labute approximate surface area is 197 Å². The van der Waals surface area contributed by atoms with E-state index in [4.69, 9.17) is 0 Å². The number of hydrogen-bond donors (Lipinski definition) is 2. The number of imide groups is 1.